The molecule has 2 saturated heterocycles. The number of aliphatic imine (C=N–C) groups is 1. The Morgan fingerprint density at radius 2 is 1.96 bits per heavy atom. The van der Waals surface area contributed by atoms with Gasteiger partial charge >= 0.3 is 0 Å². The van der Waals surface area contributed by atoms with Gasteiger partial charge in [-0.05, 0) is 44.2 Å². The number of anilines is 1. The molecule has 0 amide bonds. The Hall–Kier alpha value is -1.89. The van der Waals surface area contributed by atoms with Gasteiger partial charge in [-0.2, -0.15) is 0 Å². The van der Waals surface area contributed by atoms with Gasteiger partial charge in [0.25, 0.3) is 0 Å². The summed E-state index contributed by atoms with van der Waals surface area (Å²) < 4.78 is 32.3. The molecule has 0 radical (unpaired) electrons. The second-order valence-corrected chi connectivity index (χ2v) is 7.27. The van der Waals surface area contributed by atoms with Crippen molar-refractivity contribution >= 4 is 11.6 Å². The summed E-state index contributed by atoms with van der Waals surface area (Å²) in [5.74, 6) is -0.190. The van der Waals surface area contributed by atoms with E-state index in [9.17, 15) is 8.78 Å². The largest absolute Gasteiger partial charge is 0.378 e. The Labute approximate surface area is 160 Å². The van der Waals surface area contributed by atoms with Gasteiger partial charge in [-0.15, -0.1) is 0 Å². The number of benzene rings is 1. The monoisotopic (exact) mass is 380 g/mol. The lowest BCUT2D eigenvalue weighted by Crippen LogP contribution is -2.48. The van der Waals surface area contributed by atoms with Gasteiger partial charge in [-0.3, -0.25) is 4.99 Å². The summed E-state index contributed by atoms with van der Waals surface area (Å²) in [6.07, 6.45) is 3.45. The van der Waals surface area contributed by atoms with Gasteiger partial charge in [0.1, 0.15) is 0 Å². The van der Waals surface area contributed by atoms with Gasteiger partial charge in [-0.1, -0.05) is 0 Å². The van der Waals surface area contributed by atoms with Gasteiger partial charge in [0.15, 0.2) is 17.6 Å². The van der Waals surface area contributed by atoms with Crippen LogP contribution in [0.25, 0.3) is 0 Å². The summed E-state index contributed by atoms with van der Waals surface area (Å²) in [6, 6.07) is 4.13. The summed E-state index contributed by atoms with van der Waals surface area (Å²) in [5, 5.41) is 3.49. The van der Waals surface area contributed by atoms with E-state index in [0.29, 0.717) is 12.0 Å². The van der Waals surface area contributed by atoms with Crippen LogP contribution in [-0.4, -0.2) is 63.3 Å². The first kappa shape index (κ1) is 19.9. The van der Waals surface area contributed by atoms with Crippen molar-refractivity contribution in [1.29, 1.82) is 0 Å². The Balaban J connectivity index is 1.46. The van der Waals surface area contributed by atoms with E-state index in [1.54, 1.807) is 6.07 Å². The van der Waals surface area contributed by atoms with E-state index in [-0.39, 0.29) is 0 Å². The van der Waals surface area contributed by atoms with Crippen LogP contribution in [0.2, 0.25) is 0 Å². The van der Waals surface area contributed by atoms with Crippen LogP contribution in [-0.2, 0) is 4.74 Å². The van der Waals surface area contributed by atoms with Crippen LogP contribution in [0.3, 0.4) is 0 Å². The molecule has 7 heteroatoms. The van der Waals surface area contributed by atoms with E-state index in [1.807, 2.05) is 14.0 Å². The highest BCUT2D eigenvalue weighted by molar-refractivity contribution is 5.80. The number of ether oxygens (including phenoxy) is 1. The van der Waals surface area contributed by atoms with Crippen molar-refractivity contribution in [1.82, 2.24) is 10.2 Å². The van der Waals surface area contributed by atoms with E-state index in [0.717, 1.165) is 70.2 Å². The molecule has 2 aliphatic heterocycles. The highest BCUT2D eigenvalue weighted by Crippen LogP contribution is 2.25. The fourth-order valence-corrected chi connectivity index (χ4v) is 3.95. The summed E-state index contributed by atoms with van der Waals surface area (Å²) >= 11 is 0. The number of hydrogen-bond donors (Lipinski definition) is 1. The fraction of sp³-hybridized carbons (Fsp3) is 0.650. The van der Waals surface area contributed by atoms with Crippen molar-refractivity contribution in [2.24, 2.45) is 10.9 Å². The lowest BCUT2D eigenvalue weighted by atomic mass is 10.1. The first-order chi connectivity index (χ1) is 13.1. The van der Waals surface area contributed by atoms with E-state index >= 15 is 0 Å². The molecule has 5 nitrogen and oxygen atoms in total. The maximum absolute atomic E-state index is 13.5. The molecule has 0 bridgehead atoms. The van der Waals surface area contributed by atoms with E-state index in [2.05, 4.69) is 20.1 Å². The van der Waals surface area contributed by atoms with Crippen molar-refractivity contribution in [3.63, 3.8) is 0 Å². The van der Waals surface area contributed by atoms with Gasteiger partial charge in [0, 0.05) is 58.1 Å². The van der Waals surface area contributed by atoms with Crippen molar-refractivity contribution in [3.05, 3.63) is 29.8 Å². The van der Waals surface area contributed by atoms with Crippen LogP contribution in [0.5, 0.6) is 0 Å². The molecule has 0 saturated carbocycles. The van der Waals surface area contributed by atoms with Gasteiger partial charge in [0.05, 0.1) is 6.10 Å². The zero-order valence-electron chi connectivity index (χ0n) is 16.3. The fourth-order valence-electron chi connectivity index (χ4n) is 3.95. The highest BCUT2D eigenvalue weighted by Gasteiger charge is 2.25. The first-order valence-corrected chi connectivity index (χ1v) is 9.88. The SMILES string of the molecule is CCOC1CCN(C(=NC)NCC2CCN(c3ccc(F)c(F)c3)C2)CC1. The molecule has 150 valence electrons. The Kier molecular flexibility index (Phi) is 6.88. The summed E-state index contributed by atoms with van der Waals surface area (Å²) in [5.41, 5.74) is 0.749. The highest BCUT2D eigenvalue weighted by atomic mass is 19.2. The molecule has 1 unspecified atom stereocenters. The zero-order valence-corrected chi connectivity index (χ0v) is 16.3. The average molecular weight is 380 g/mol. The number of nitrogens with one attached hydrogen (secondary N) is 1. The van der Waals surface area contributed by atoms with Crippen molar-refractivity contribution < 1.29 is 13.5 Å². The molecule has 3 rings (SSSR count). The maximum Gasteiger partial charge on any atom is 0.193 e. The minimum atomic E-state index is -0.798. The Bertz CT molecular complexity index is 647. The van der Waals surface area contributed by atoms with Crippen LogP contribution < -0.4 is 10.2 Å². The smallest absolute Gasteiger partial charge is 0.193 e. The Morgan fingerprint density at radius 3 is 2.63 bits per heavy atom. The summed E-state index contributed by atoms with van der Waals surface area (Å²) in [7, 11) is 1.82. The number of rotatable bonds is 5. The lowest BCUT2D eigenvalue weighted by molar-refractivity contribution is 0.0263. The normalized spacial score (nSPS) is 21.8. The number of hydrogen-bond acceptors (Lipinski definition) is 3. The van der Waals surface area contributed by atoms with Crippen molar-refractivity contribution in [3.8, 4) is 0 Å². The molecule has 0 aromatic heterocycles. The standard InChI is InChI=1S/C20H30F2N4O/c1-3-27-17-7-10-25(11-8-17)20(23-2)24-13-15-6-9-26(14-15)16-4-5-18(21)19(22)12-16/h4-5,12,15,17H,3,6-11,13-14H2,1-2H3,(H,23,24). The molecule has 2 fully saturated rings. The molecule has 0 spiro atoms. The minimum absolute atomic E-state index is 0.365. The zero-order chi connectivity index (χ0) is 19.2. The van der Waals surface area contributed by atoms with Crippen LogP contribution in [0.15, 0.2) is 23.2 Å². The Morgan fingerprint density at radius 1 is 1.19 bits per heavy atom. The third-order valence-electron chi connectivity index (χ3n) is 5.46. The molecule has 2 aliphatic rings. The van der Waals surface area contributed by atoms with Crippen LogP contribution >= 0.6 is 0 Å². The predicted octanol–water partition coefficient (Wildman–Crippen LogP) is 2.87. The van der Waals surface area contributed by atoms with Crippen molar-refractivity contribution in [2.75, 3.05) is 51.3 Å². The number of likely N-dealkylation sites (tertiary alicyclic amines) is 1. The third-order valence-corrected chi connectivity index (χ3v) is 5.46. The number of halogens is 2. The van der Waals surface area contributed by atoms with Crippen LogP contribution in [0.1, 0.15) is 26.2 Å². The van der Waals surface area contributed by atoms with Crippen LogP contribution in [0, 0.1) is 17.6 Å². The van der Waals surface area contributed by atoms with Gasteiger partial charge in [0.2, 0.25) is 0 Å². The van der Waals surface area contributed by atoms with E-state index in [4.69, 9.17) is 4.74 Å². The molecule has 1 atom stereocenters. The number of nitrogens with zero attached hydrogens (tertiary/aromatic N) is 3. The number of guanidine groups is 1. The first-order valence-electron chi connectivity index (χ1n) is 9.88. The average Bonchev–Trinajstić information content (AvgIpc) is 3.15. The molecule has 27 heavy (non-hydrogen) atoms. The summed E-state index contributed by atoms with van der Waals surface area (Å²) in [6.45, 7) is 7.24. The second-order valence-electron chi connectivity index (χ2n) is 7.27. The minimum Gasteiger partial charge on any atom is -0.378 e. The third kappa shape index (κ3) is 5.09. The lowest BCUT2D eigenvalue weighted by Gasteiger charge is -2.34. The van der Waals surface area contributed by atoms with E-state index in [1.165, 1.54) is 12.1 Å². The molecule has 0 aliphatic carbocycles. The van der Waals surface area contributed by atoms with Crippen LogP contribution in [0.4, 0.5) is 14.5 Å². The predicted molar refractivity (Wildman–Crippen MR) is 104 cm³/mol. The van der Waals surface area contributed by atoms with E-state index < -0.39 is 11.6 Å². The molecule has 1 aromatic carbocycles. The van der Waals surface area contributed by atoms with Crippen molar-refractivity contribution in [2.45, 2.75) is 32.3 Å². The number of piperidine rings is 1. The second kappa shape index (κ2) is 9.35. The molecule has 1 N–H and O–H groups in total. The molecular weight excluding hydrogens is 350 g/mol. The topological polar surface area (TPSA) is 40.1 Å². The quantitative estimate of drug-likeness (QED) is 0.630. The maximum atomic E-state index is 13.5. The van der Waals surface area contributed by atoms with Gasteiger partial charge < -0.3 is 19.9 Å². The molecule has 1 aromatic rings. The summed E-state index contributed by atoms with van der Waals surface area (Å²) in [4.78, 5) is 8.83. The molecular formula is C20H30F2N4O. The molecule has 2 heterocycles. The van der Waals surface area contributed by atoms with Gasteiger partial charge in [-0.25, -0.2) is 8.78 Å².